The Balaban J connectivity index is 0.00000182. The van der Waals surface area contributed by atoms with Crippen molar-refractivity contribution in [2.75, 3.05) is 19.7 Å². The highest BCUT2D eigenvalue weighted by atomic mass is 35.5. The summed E-state index contributed by atoms with van der Waals surface area (Å²) in [5, 5.41) is 8.47. The summed E-state index contributed by atoms with van der Waals surface area (Å²) in [5.41, 5.74) is 0.755. The van der Waals surface area contributed by atoms with Gasteiger partial charge in [-0.3, -0.25) is 0 Å². The second kappa shape index (κ2) is 7.37. The van der Waals surface area contributed by atoms with E-state index in [0.29, 0.717) is 23.9 Å². The van der Waals surface area contributed by atoms with Crippen LogP contribution in [0.5, 0.6) is 5.88 Å². The molecule has 25 heavy (non-hydrogen) atoms. The number of ether oxygens (including phenoxy) is 1. The van der Waals surface area contributed by atoms with Gasteiger partial charge in [0, 0.05) is 18.5 Å². The van der Waals surface area contributed by atoms with Crippen molar-refractivity contribution in [1.82, 2.24) is 15.1 Å². The summed E-state index contributed by atoms with van der Waals surface area (Å²) in [6.07, 6.45) is 1.07. The highest BCUT2D eigenvalue weighted by Crippen LogP contribution is 2.29. The molecule has 0 amide bonds. The molecule has 4 nitrogen and oxygen atoms in total. The normalized spacial score (nSPS) is 16.8. The zero-order chi connectivity index (χ0) is 16.5. The molecule has 0 spiro atoms. The molecule has 2 heterocycles. The van der Waals surface area contributed by atoms with Crippen LogP contribution in [0.15, 0.2) is 42.5 Å². The number of para-hydroxylation sites is 1. The van der Waals surface area contributed by atoms with Crippen LogP contribution in [0.3, 0.4) is 0 Å². The molecule has 0 aliphatic carbocycles. The van der Waals surface area contributed by atoms with E-state index in [1.807, 2.05) is 24.3 Å². The first-order valence-electron chi connectivity index (χ1n) is 7.99. The molecule has 1 N–H and O–H groups in total. The average molecular weight is 366 g/mol. The molecule has 1 aliphatic rings. The number of rotatable bonds is 4. The zero-order valence-electron chi connectivity index (χ0n) is 13.4. The van der Waals surface area contributed by atoms with E-state index in [1.54, 1.807) is 0 Å². The second-order valence-electron chi connectivity index (χ2n) is 6.00. The molecule has 132 valence electrons. The Labute approximate surface area is 150 Å². The summed E-state index contributed by atoms with van der Waals surface area (Å²) in [5.74, 6) is -0.150. The van der Waals surface area contributed by atoms with Gasteiger partial charge in [-0.1, -0.05) is 12.1 Å². The first-order chi connectivity index (χ1) is 11.7. The average Bonchev–Trinajstić information content (AvgIpc) is 3.23. The molecule has 1 aromatic heterocycles. The van der Waals surface area contributed by atoms with Crippen LogP contribution in [-0.2, 0) is 0 Å². The summed E-state index contributed by atoms with van der Waals surface area (Å²) in [6.45, 7) is 2.48. The molecule has 4 rings (SSSR count). The van der Waals surface area contributed by atoms with Crippen LogP contribution in [0.2, 0.25) is 0 Å². The van der Waals surface area contributed by atoms with Gasteiger partial charge < -0.3 is 10.1 Å². The lowest BCUT2D eigenvalue weighted by Gasteiger charge is -2.08. The number of fused-ring (bicyclic) bond motifs is 1. The van der Waals surface area contributed by atoms with E-state index in [0.717, 1.165) is 43.1 Å². The van der Waals surface area contributed by atoms with E-state index < -0.39 is 11.6 Å². The summed E-state index contributed by atoms with van der Waals surface area (Å²) in [6, 6.07) is 10.7. The number of hydrogen-bond donors (Lipinski definition) is 1. The third-order valence-electron chi connectivity index (χ3n) is 4.31. The molecule has 0 unspecified atom stereocenters. The predicted octanol–water partition coefficient (Wildman–Crippen LogP) is 3.71. The van der Waals surface area contributed by atoms with Crippen molar-refractivity contribution in [3.8, 4) is 11.6 Å². The van der Waals surface area contributed by atoms with Crippen LogP contribution in [0, 0.1) is 17.6 Å². The lowest BCUT2D eigenvalue weighted by Crippen LogP contribution is -2.15. The van der Waals surface area contributed by atoms with Gasteiger partial charge in [-0.2, -0.15) is 0 Å². The van der Waals surface area contributed by atoms with Crippen LogP contribution in [-0.4, -0.2) is 29.5 Å². The molecule has 1 atom stereocenters. The molecule has 0 saturated carbocycles. The number of benzene rings is 2. The monoisotopic (exact) mass is 365 g/mol. The summed E-state index contributed by atoms with van der Waals surface area (Å²) in [7, 11) is 0. The van der Waals surface area contributed by atoms with Crippen molar-refractivity contribution in [3.05, 3.63) is 54.1 Å². The van der Waals surface area contributed by atoms with Gasteiger partial charge in [0.1, 0.15) is 17.3 Å². The fraction of sp³-hybridized carbons (Fsp3) is 0.278. The molecule has 1 fully saturated rings. The van der Waals surface area contributed by atoms with Gasteiger partial charge in [-0.15, -0.1) is 17.5 Å². The minimum Gasteiger partial charge on any atom is -0.476 e. The quantitative estimate of drug-likeness (QED) is 0.766. The van der Waals surface area contributed by atoms with Crippen molar-refractivity contribution >= 4 is 23.3 Å². The van der Waals surface area contributed by atoms with Gasteiger partial charge in [0.25, 0.3) is 0 Å². The minimum absolute atomic E-state index is 0. The van der Waals surface area contributed by atoms with E-state index in [2.05, 4.69) is 10.4 Å². The second-order valence-corrected chi connectivity index (χ2v) is 6.00. The van der Waals surface area contributed by atoms with E-state index in [1.165, 1.54) is 4.68 Å². The molecule has 0 bridgehead atoms. The van der Waals surface area contributed by atoms with Crippen molar-refractivity contribution in [2.45, 2.75) is 6.42 Å². The van der Waals surface area contributed by atoms with Crippen LogP contribution < -0.4 is 10.1 Å². The fourth-order valence-electron chi connectivity index (χ4n) is 3.03. The standard InChI is InChI=1S/C18H17F2N3O.ClH/c19-13-5-6-15(20)17(9-13)23-16-4-2-1-3-14(16)18(22-23)24-11-12-7-8-21-10-12;/h1-6,9,12,21H,7-8,10-11H2;1H/t12-;/m0./s1. The van der Waals surface area contributed by atoms with Gasteiger partial charge in [-0.25, -0.2) is 13.5 Å². The Hall–Kier alpha value is -2.18. The predicted molar refractivity (Wildman–Crippen MR) is 94.7 cm³/mol. The maximum absolute atomic E-state index is 14.1. The first-order valence-corrected chi connectivity index (χ1v) is 7.99. The van der Waals surface area contributed by atoms with Crippen LogP contribution in [0.4, 0.5) is 8.78 Å². The molecule has 1 saturated heterocycles. The van der Waals surface area contributed by atoms with Crippen LogP contribution >= 0.6 is 12.4 Å². The third-order valence-corrected chi connectivity index (χ3v) is 4.31. The highest BCUT2D eigenvalue weighted by Gasteiger charge is 2.19. The summed E-state index contributed by atoms with van der Waals surface area (Å²) < 4.78 is 35.0. The third kappa shape index (κ3) is 3.45. The largest absolute Gasteiger partial charge is 0.476 e. The Morgan fingerprint density at radius 2 is 2.04 bits per heavy atom. The van der Waals surface area contributed by atoms with E-state index in [9.17, 15) is 8.78 Å². The molecular weight excluding hydrogens is 348 g/mol. The molecule has 2 aromatic carbocycles. The number of hydrogen-bond acceptors (Lipinski definition) is 3. The van der Waals surface area contributed by atoms with Crippen molar-refractivity contribution in [1.29, 1.82) is 0 Å². The SMILES string of the molecule is Cl.Fc1ccc(F)c(-n2nc(OC[C@H]3CCNC3)c3ccccc32)c1. The van der Waals surface area contributed by atoms with Crippen molar-refractivity contribution in [3.63, 3.8) is 0 Å². The molecular formula is C18H18ClF2N3O. The Bertz CT molecular complexity index is 878. The molecule has 0 radical (unpaired) electrons. The lowest BCUT2D eigenvalue weighted by molar-refractivity contribution is 0.252. The Kier molecular flexibility index (Phi) is 5.20. The van der Waals surface area contributed by atoms with Gasteiger partial charge in [0.05, 0.1) is 17.5 Å². The smallest absolute Gasteiger partial charge is 0.241 e. The van der Waals surface area contributed by atoms with Gasteiger partial charge in [0.15, 0.2) is 0 Å². The van der Waals surface area contributed by atoms with Crippen molar-refractivity contribution in [2.24, 2.45) is 5.92 Å². The lowest BCUT2D eigenvalue weighted by atomic mass is 10.1. The topological polar surface area (TPSA) is 39.1 Å². The van der Waals surface area contributed by atoms with Gasteiger partial charge >= 0.3 is 0 Å². The number of nitrogens with one attached hydrogen (secondary N) is 1. The molecule has 1 aliphatic heterocycles. The summed E-state index contributed by atoms with van der Waals surface area (Å²) >= 11 is 0. The Morgan fingerprint density at radius 3 is 2.84 bits per heavy atom. The number of halogens is 3. The Morgan fingerprint density at radius 1 is 1.20 bits per heavy atom. The summed E-state index contributed by atoms with van der Waals surface area (Å²) in [4.78, 5) is 0. The van der Waals surface area contributed by atoms with E-state index in [4.69, 9.17) is 4.74 Å². The van der Waals surface area contributed by atoms with E-state index in [-0.39, 0.29) is 18.1 Å². The minimum atomic E-state index is -0.531. The first kappa shape index (κ1) is 17.6. The van der Waals surface area contributed by atoms with E-state index >= 15 is 0 Å². The molecule has 3 aromatic rings. The maximum Gasteiger partial charge on any atom is 0.241 e. The highest BCUT2D eigenvalue weighted by molar-refractivity contribution is 5.86. The molecule has 7 heteroatoms. The van der Waals surface area contributed by atoms with Gasteiger partial charge in [0.2, 0.25) is 5.88 Å². The van der Waals surface area contributed by atoms with Crippen molar-refractivity contribution < 1.29 is 13.5 Å². The number of aromatic nitrogens is 2. The maximum atomic E-state index is 14.1. The fourth-order valence-corrected chi connectivity index (χ4v) is 3.03. The van der Waals surface area contributed by atoms with Crippen LogP contribution in [0.1, 0.15) is 6.42 Å². The zero-order valence-corrected chi connectivity index (χ0v) is 14.2. The van der Waals surface area contributed by atoms with Gasteiger partial charge in [-0.05, 0) is 37.2 Å². The van der Waals surface area contributed by atoms with Crippen LogP contribution in [0.25, 0.3) is 16.6 Å². The number of nitrogens with zero attached hydrogens (tertiary/aromatic N) is 2.